The zero-order chi connectivity index (χ0) is 8.39. The molecule has 4 heteroatoms. The summed E-state index contributed by atoms with van der Waals surface area (Å²) in [6, 6.07) is 0. The molecule has 0 saturated heterocycles. The van der Waals surface area contributed by atoms with Crippen molar-refractivity contribution in [3.05, 3.63) is 18.4 Å². The Hall–Kier alpha value is -1.32. The first-order valence-electron chi connectivity index (χ1n) is 3.95. The number of ether oxygens (including phenoxy) is 1. The molecule has 64 valence electrons. The van der Waals surface area contributed by atoms with Crippen LogP contribution in [-0.4, -0.2) is 17.1 Å². The van der Waals surface area contributed by atoms with Gasteiger partial charge in [0, 0.05) is 0 Å². The van der Waals surface area contributed by atoms with Gasteiger partial charge in [0.15, 0.2) is 12.1 Å². The van der Waals surface area contributed by atoms with Gasteiger partial charge in [0.2, 0.25) is 0 Å². The Labute approximate surface area is 69.5 Å². The fourth-order valence-electron chi connectivity index (χ4n) is 1.01. The lowest BCUT2D eigenvalue weighted by Gasteiger charge is -2.24. The number of nitrogens with zero attached hydrogens (tertiary/aromatic N) is 1. The number of esters is 1. The van der Waals surface area contributed by atoms with Crippen molar-refractivity contribution in [1.82, 2.24) is 4.98 Å². The van der Waals surface area contributed by atoms with Gasteiger partial charge in [-0.05, 0) is 19.3 Å². The first-order chi connectivity index (χ1) is 5.86. The van der Waals surface area contributed by atoms with E-state index in [0.29, 0.717) is 0 Å². The predicted molar refractivity (Wildman–Crippen MR) is 39.6 cm³/mol. The number of aromatic nitrogens is 1. The van der Waals surface area contributed by atoms with Crippen LogP contribution in [0, 0.1) is 0 Å². The summed E-state index contributed by atoms with van der Waals surface area (Å²) in [5.41, 5.74) is 0.252. The van der Waals surface area contributed by atoms with Crippen LogP contribution in [0.2, 0.25) is 0 Å². The summed E-state index contributed by atoms with van der Waals surface area (Å²) in [6.07, 6.45) is 5.72. The monoisotopic (exact) mass is 167 g/mol. The smallest absolute Gasteiger partial charge is 0.360 e. The molecular weight excluding hydrogens is 158 g/mol. The minimum absolute atomic E-state index is 0.106. The Balaban J connectivity index is 1.92. The Bertz CT molecular complexity index is 264. The first-order valence-corrected chi connectivity index (χ1v) is 3.95. The van der Waals surface area contributed by atoms with Gasteiger partial charge >= 0.3 is 5.97 Å². The molecule has 1 aliphatic carbocycles. The Morgan fingerprint density at radius 1 is 1.67 bits per heavy atom. The molecule has 0 N–H and O–H groups in total. The average molecular weight is 167 g/mol. The summed E-state index contributed by atoms with van der Waals surface area (Å²) in [6.45, 7) is 0. The van der Waals surface area contributed by atoms with Crippen molar-refractivity contribution >= 4 is 5.97 Å². The van der Waals surface area contributed by atoms with Gasteiger partial charge in [-0.15, -0.1) is 0 Å². The second-order valence-electron chi connectivity index (χ2n) is 2.83. The average Bonchev–Trinajstić information content (AvgIpc) is 2.47. The summed E-state index contributed by atoms with van der Waals surface area (Å²) in [5, 5.41) is 0. The number of hydrogen-bond acceptors (Lipinski definition) is 4. The van der Waals surface area contributed by atoms with Crippen LogP contribution in [0.4, 0.5) is 0 Å². The van der Waals surface area contributed by atoms with E-state index in [1.807, 2.05) is 0 Å². The normalized spacial score (nSPS) is 17.0. The molecule has 1 aliphatic rings. The summed E-state index contributed by atoms with van der Waals surface area (Å²) in [4.78, 5) is 14.9. The van der Waals surface area contributed by atoms with Crippen LogP contribution in [0.5, 0.6) is 0 Å². The molecular formula is C8H9NO3. The van der Waals surface area contributed by atoms with Gasteiger partial charge in [-0.25, -0.2) is 9.78 Å². The fraction of sp³-hybridized carbons (Fsp3) is 0.500. The molecule has 4 nitrogen and oxygen atoms in total. The van der Waals surface area contributed by atoms with E-state index in [4.69, 9.17) is 4.74 Å². The number of rotatable bonds is 2. The topological polar surface area (TPSA) is 52.3 Å². The standard InChI is InChI=1S/C8H9NO3/c10-8(7-4-11-5-9-7)12-6-2-1-3-6/h4-6H,1-3H2. The van der Waals surface area contributed by atoms with E-state index in [1.54, 1.807) is 0 Å². The molecule has 0 unspecified atom stereocenters. The van der Waals surface area contributed by atoms with Gasteiger partial charge in [-0.2, -0.15) is 0 Å². The molecule has 1 aromatic rings. The molecule has 0 spiro atoms. The highest BCUT2D eigenvalue weighted by molar-refractivity contribution is 5.86. The van der Waals surface area contributed by atoms with E-state index in [9.17, 15) is 4.79 Å². The zero-order valence-electron chi connectivity index (χ0n) is 6.53. The van der Waals surface area contributed by atoms with Crippen LogP contribution in [0.15, 0.2) is 17.1 Å². The van der Waals surface area contributed by atoms with Crippen LogP contribution in [-0.2, 0) is 4.74 Å². The number of oxazole rings is 1. The van der Waals surface area contributed by atoms with Crippen molar-refractivity contribution in [2.24, 2.45) is 0 Å². The lowest BCUT2D eigenvalue weighted by Crippen LogP contribution is -2.25. The first kappa shape index (κ1) is 7.34. The maximum absolute atomic E-state index is 11.2. The van der Waals surface area contributed by atoms with Gasteiger partial charge in [-0.3, -0.25) is 0 Å². The van der Waals surface area contributed by atoms with Crippen molar-refractivity contribution in [2.45, 2.75) is 25.4 Å². The van der Waals surface area contributed by atoms with E-state index in [1.165, 1.54) is 12.7 Å². The molecule has 0 bridgehead atoms. The van der Waals surface area contributed by atoms with Gasteiger partial charge in [0.1, 0.15) is 12.4 Å². The zero-order valence-corrected chi connectivity index (χ0v) is 6.53. The van der Waals surface area contributed by atoms with E-state index < -0.39 is 0 Å². The van der Waals surface area contributed by atoms with E-state index in [0.717, 1.165) is 19.3 Å². The largest absolute Gasteiger partial charge is 0.458 e. The van der Waals surface area contributed by atoms with Gasteiger partial charge in [0.05, 0.1) is 0 Å². The molecule has 2 rings (SSSR count). The molecule has 0 amide bonds. The highest BCUT2D eigenvalue weighted by Gasteiger charge is 2.23. The molecule has 1 saturated carbocycles. The van der Waals surface area contributed by atoms with Crippen molar-refractivity contribution < 1.29 is 13.9 Å². The third-order valence-electron chi connectivity index (χ3n) is 1.97. The highest BCUT2D eigenvalue weighted by atomic mass is 16.5. The maximum Gasteiger partial charge on any atom is 0.360 e. The third-order valence-corrected chi connectivity index (χ3v) is 1.97. The summed E-state index contributed by atoms with van der Waals surface area (Å²) in [5.74, 6) is -0.381. The van der Waals surface area contributed by atoms with E-state index in [2.05, 4.69) is 9.40 Å². The van der Waals surface area contributed by atoms with E-state index in [-0.39, 0.29) is 17.8 Å². The van der Waals surface area contributed by atoms with Crippen LogP contribution < -0.4 is 0 Å². The van der Waals surface area contributed by atoms with Gasteiger partial charge < -0.3 is 9.15 Å². The predicted octanol–water partition coefficient (Wildman–Crippen LogP) is 1.38. The van der Waals surface area contributed by atoms with Crippen LogP contribution >= 0.6 is 0 Å². The minimum Gasteiger partial charge on any atom is -0.458 e. The van der Waals surface area contributed by atoms with Gasteiger partial charge in [0.25, 0.3) is 0 Å². The summed E-state index contributed by atoms with van der Waals surface area (Å²) < 4.78 is 9.73. The molecule has 1 heterocycles. The van der Waals surface area contributed by atoms with Crippen LogP contribution in [0.3, 0.4) is 0 Å². The number of hydrogen-bond donors (Lipinski definition) is 0. The molecule has 1 aromatic heterocycles. The van der Waals surface area contributed by atoms with Crippen molar-refractivity contribution in [2.75, 3.05) is 0 Å². The van der Waals surface area contributed by atoms with Crippen molar-refractivity contribution in [3.63, 3.8) is 0 Å². The Morgan fingerprint density at radius 3 is 3.00 bits per heavy atom. The minimum atomic E-state index is -0.381. The Kier molecular flexibility index (Phi) is 1.81. The quantitative estimate of drug-likeness (QED) is 0.624. The second-order valence-corrected chi connectivity index (χ2v) is 2.83. The highest BCUT2D eigenvalue weighted by Crippen LogP contribution is 2.22. The number of carbonyl (C=O) groups is 1. The third kappa shape index (κ3) is 1.32. The lowest BCUT2D eigenvalue weighted by molar-refractivity contribution is 0.00837. The van der Waals surface area contributed by atoms with Crippen molar-refractivity contribution in [3.8, 4) is 0 Å². The summed E-state index contributed by atoms with van der Waals surface area (Å²) in [7, 11) is 0. The molecule has 0 aliphatic heterocycles. The number of carbonyl (C=O) groups excluding carboxylic acids is 1. The molecule has 0 radical (unpaired) electrons. The lowest BCUT2D eigenvalue weighted by atomic mass is 9.96. The molecule has 0 aromatic carbocycles. The molecule has 12 heavy (non-hydrogen) atoms. The second kappa shape index (κ2) is 2.97. The van der Waals surface area contributed by atoms with Gasteiger partial charge in [-0.1, -0.05) is 0 Å². The van der Waals surface area contributed by atoms with Crippen LogP contribution in [0.1, 0.15) is 29.8 Å². The maximum atomic E-state index is 11.2. The van der Waals surface area contributed by atoms with Crippen LogP contribution in [0.25, 0.3) is 0 Å². The summed E-state index contributed by atoms with van der Waals surface area (Å²) >= 11 is 0. The fourth-order valence-corrected chi connectivity index (χ4v) is 1.01. The SMILES string of the molecule is O=C(OC1CCC1)c1cocn1. The Morgan fingerprint density at radius 2 is 2.50 bits per heavy atom. The molecule has 0 atom stereocenters. The molecule has 1 fully saturated rings. The van der Waals surface area contributed by atoms with Crippen molar-refractivity contribution in [1.29, 1.82) is 0 Å². The van der Waals surface area contributed by atoms with E-state index >= 15 is 0 Å².